The van der Waals surface area contributed by atoms with E-state index < -0.39 is 93.9 Å². The molecule has 2 aliphatic carbocycles. The van der Waals surface area contributed by atoms with Gasteiger partial charge in [-0.05, 0) is 74.6 Å². The van der Waals surface area contributed by atoms with Crippen LogP contribution in [-0.2, 0) is 19.1 Å². The van der Waals surface area contributed by atoms with Gasteiger partial charge in [-0.1, -0.05) is 90.1 Å². The Labute approximate surface area is 369 Å². The highest BCUT2D eigenvalue weighted by atomic mass is 19.3. The lowest BCUT2D eigenvalue weighted by Gasteiger charge is -2.32. The highest BCUT2D eigenvalue weighted by molar-refractivity contribution is 5.96. The van der Waals surface area contributed by atoms with Crippen LogP contribution >= 0.6 is 0 Å². The number of benzene rings is 2. The van der Waals surface area contributed by atoms with Crippen LogP contribution in [0.3, 0.4) is 0 Å². The molecule has 2 unspecified atom stereocenters. The number of carbonyl (C=O) groups is 4. The number of imidazole rings is 2. The molecule has 0 bridgehead atoms. The molecule has 6 rings (SSSR count). The van der Waals surface area contributed by atoms with Crippen LogP contribution in [0.5, 0.6) is 0 Å². The SMILES string of the molecule is CC(C)(C)OC(=O)NC1(C(=O)N[C@H](c2ncc(-c3ccc(-c4ccc(-c5cnc([C@@H](NC(=O)C6(NC(=O)OC(C)(C)C)CC6(F)F)C(C)(C)C)[nH]5)cc4)cc3)[nH]2)C(C)(C)C)CC1(F)F. The molecular formula is C46H58F4N8O6. The molecule has 64 heavy (non-hydrogen) atoms. The van der Waals surface area contributed by atoms with Gasteiger partial charge in [-0.2, -0.15) is 0 Å². The second-order valence-corrected chi connectivity index (χ2v) is 20.9. The largest absolute Gasteiger partial charge is 0.444 e. The molecule has 2 aromatic carbocycles. The van der Waals surface area contributed by atoms with Gasteiger partial charge in [0.05, 0.1) is 48.7 Å². The Morgan fingerprint density at radius 3 is 1.08 bits per heavy atom. The normalized spacial score (nSPS) is 21.2. The van der Waals surface area contributed by atoms with Crippen molar-refractivity contribution in [2.75, 3.05) is 0 Å². The number of amides is 4. The summed E-state index contributed by atoms with van der Waals surface area (Å²) in [6.45, 7) is 20.5. The third kappa shape index (κ3) is 10.0. The number of nitrogens with zero attached hydrogens (tertiary/aromatic N) is 2. The molecule has 0 aliphatic heterocycles. The summed E-state index contributed by atoms with van der Waals surface area (Å²) in [5.41, 5.74) is -3.58. The van der Waals surface area contributed by atoms with Crippen LogP contribution in [0.25, 0.3) is 33.6 Å². The molecule has 4 amide bonds. The molecule has 18 heteroatoms. The van der Waals surface area contributed by atoms with Crippen molar-refractivity contribution in [2.45, 2.75) is 142 Å². The molecule has 2 saturated carbocycles. The number of H-pyrrole nitrogens is 2. The molecule has 2 heterocycles. The highest BCUT2D eigenvalue weighted by Crippen LogP contribution is 2.54. The van der Waals surface area contributed by atoms with Crippen molar-refractivity contribution in [2.24, 2.45) is 10.8 Å². The highest BCUT2D eigenvalue weighted by Gasteiger charge is 2.78. The molecule has 2 aliphatic rings. The Balaban J connectivity index is 1.13. The summed E-state index contributed by atoms with van der Waals surface area (Å²) in [6.07, 6.45) is -0.774. The molecule has 0 saturated heterocycles. The quantitative estimate of drug-likeness (QED) is 0.0803. The van der Waals surface area contributed by atoms with E-state index in [1.54, 1.807) is 53.9 Å². The van der Waals surface area contributed by atoms with Gasteiger partial charge in [0, 0.05) is 0 Å². The van der Waals surface area contributed by atoms with E-state index in [1.807, 2.05) is 90.1 Å². The van der Waals surface area contributed by atoms with E-state index in [9.17, 15) is 36.7 Å². The van der Waals surface area contributed by atoms with Crippen molar-refractivity contribution in [3.63, 3.8) is 0 Å². The number of nitrogens with one attached hydrogen (secondary N) is 6. The maximum absolute atomic E-state index is 14.7. The summed E-state index contributed by atoms with van der Waals surface area (Å²) in [6, 6.07) is 13.6. The zero-order valence-corrected chi connectivity index (χ0v) is 38.2. The summed E-state index contributed by atoms with van der Waals surface area (Å²) >= 11 is 0. The molecule has 0 spiro atoms. The van der Waals surface area contributed by atoms with Crippen molar-refractivity contribution in [1.82, 2.24) is 41.2 Å². The predicted octanol–water partition coefficient (Wildman–Crippen LogP) is 9.15. The number of aromatic amines is 2. The summed E-state index contributed by atoms with van der Waals surface area (Å²) in [5, 5.41) is 9.64. The first kappa shape index (κ1) is 47.5. The number of hydrogen-bond donors (Lipinski definition) is 6. The van der Waals surface area contributed by atoms with Crippen LogP contribution in [-0.4, -0.2) is 78.1 Å². The van der Waals surface area contributed by atoms with Crippen molar-refractivity contribution < 1.29 is 46.2 Å². The maximum atomic E-state index is 14.7. The van der Waals surface area contributed by atoms with E-state index in [0.29, 0.717) is 23.0 Å². The molecule has 6 N–H and O–H groups in total. The van der Waals surface area contributed by atoms with E-state index in [2.05, 4.69) is 41.2 Å². The van der Waals surface area contributed by atoms with E-state index in [-0.39, 0.29) is 0 Å². The van der Waals surface area contributed by atoms with Crippen LogP contribution < -0.4 is 21.3 Å². The fraction of sp³-hybridized carbons (Fsp3) is 0.522. The summed E-state index contributed by atoms with van der Waals surface area (Å²) in [7, 11) is 0. The van der Waals surface area contributed by atoms with E-state index >= 15 is 0 Å². The van der Waals surface area contributed by atoms with Gasteiger partial charge in [0.25, 0.3) is 23.7 Å². The molecule has 4 aromatic rings. The minimum absolute atomic E-state index is 0.341. The number of carbonyl (C=O) groups excluding carboxylic acids is 4. The van der Waals surface area contributed by atoms with E-state index in [1.165, 1.54) is 0 Å². The fourth-order valence-electron chi connectivity index (χ4n) is 7.25. The van der Waals surface area contributed by atoms with Crippen LogP contribution in [0.4, 0.5) is 27.2 Å². The van der Waals surface area contributed by atoms with Gasteiger partial charge in [0.15, 0.2) is 11.1 Å². The summed E-state index contributed by atoms with van der Waals surface area (Å²) in [4.78, 5) is 67.4. The standard InChI is InChI=1S/C46H58F4N8O6/c1-39(2,3)31(55-35(59)43(23-45(43,47)48)57-37(61)63-41(7,8)9)33-51-21-29(53-33)27-17-13-25(14-18-27)26-15-19-28(20-16-26)30-22-52-34(54-30)32(40(4,5)6)56-36(60)44(24-46(44,49)50)58-38(62)64-42(10,11)12/h13-22,31-32H,23-24H2,1-12H3,(H,51,53)(H,52,54)(H,55,59)(H,56,60)(H,57,61)(H,58,62)/t31-,32-,43?,44?/m1/s1. The van der Waals surface area contributed by atoms with Gasteiger partial charge in [-0.25, -0.2) is 37.1 Å². The fourth-order valence-corrected chi connectivity index (χ4v) is 7.25. The second kappa shape index (κ2) is 15.9. The number of aromatic nitrogens is 4. The number of alkyl halides is 4. The maximum Gasteiger partial charge on any atom is 0.408 e. The lowest BCUT2D eigenvalue weighted by Crippen LogP contribution is -2.55. The average Bonchev–Trinajstić information content (AvgIpc) is 3.59. The minimum Gasteiger partial charge on any atom is -0.444 e. The first-order valence-electron chi connectivity index (χ1n) is 21.0. The third-order valence-corrected chi connectivity index (χ3v) is 10.9. The van der Waals surface area contributed by atoms with Crippen LogP contribution in [0.2, 0.25) is 0 Å². The second-order valence-electron chi connectivity index (χ2n) is 20.9. The van der Waals surface area contributed by atoms with E-state index in [4.69, 9.17) is 9.47 Å². The van der Waals surface area contributed by atoms with Gasteiger partial charge in [0.1, 0.15) is 22.9 Å². The molecule has 4 atom stereocenters. The first-order valence-corrected chi connectivity index (χ1v) is 21.0. The van der Waals surface area contributed by atoms with Crippen molar-refractivity contribution in [1.29, 1.82) is 0 Å². The molecule has 0 radical (unpaired) electrons. The van der Waals surface area contributed by atoms with Crippen molar-refractivity contribution in [3.05, 3.63) is 72.6 Å². The van der Waals surface area contributed by atoms with Crippen LogP contribution in [0.15, 0.2) is 60.9 Å². The lowest BCUT2D eigenvalue weighted by molar-refractivity contribution is -0.129. The Hall–Kier alpha value is -5.94. The molecule has 14 nitrogen and oxygen atoms in total. The number of hydrogen-bond acceptors (Lipinski definition) is 8. The summed E-state index contributed by atoms with van der Waals surface area (Å²) in [5.74, 6) is -8.35. The Morgan fingerprint density at radius 1 is 0.547 bits per heavy atom. The molecule has 2 fully saturated rings. The zero-order valence-electron chi connectivity index (χ0n) is 38.2. The number of alkyl carbamates (subject to hydrolysis) is 2. The molecular weight excluding hydrogens is 837 g/mol. The Bertz CT molecular complexity index is 2240. The minimum atomic E-state index is -3.47. The Kier molecular flexibility index (Phi) is 11.8. The van der Waals surface area contributed by atoms with E-state index in [0.717, 1.165) is 22.3 Å². The Morgan fingerprint density at radius 2 is 0.828 bits per heavy atom. The van der Waals surface area contributed by atoms with Gasteiger partial charge in [0.2, 0.25) is 0 Å². The van der Waals surface area contributed by atoms with Crippen molar-refractivity contribution in [3.8, 4) is 33.6 Å². The lowest BCUT2D eigenvalue weighted by atomic mass is 9.86. The topological polar surface area (TPSA) is 192 Å². The zero-order chi connectivity index (χ0) is 47.6. The predicted molar refractivity (Wildman–Crippen MR) is 231 cm³/mol. The van der Waals surface area contributed by atoms with Crippen LogP contribution in [0.1, 0.15) is 120 Å². The first-order chi connectivity index (χ1) is 29.3. The molecule has 2 aromatic heterocycles. The monoisotopic (exact) mass is 894 g/mol. The van der Waals surface area contributed by atoms with Gasteiger partial charge in [-0.15, -0.1) is 0 Å². The van der Waals surface area contributed by atoms with Gasteiger partial charge < -0.3 is 40.7 Å². The van der Waals surface area contributed by atoms with Gasteiger partial charge in [-0.3, -0.25) is 9.59 Å². The number of ether oxygens (including phenoxy) is 2. The number of rotatable bonds is 11. The van der Waals surface area contributed by atoms with Gasteiger partial charge >= 0.3 is 12.2 Å². The summed E-state index contributed by atoms with van der Waals surface area (Å²) < 4.78 is 69.2. The van der Waals surface area contributed by atoms with Crippen LogP contribution in [0, 0.1) is 10.8 Å². The third-order valence-electron chi connectivity index (χ3n) is 10.9. The average molecular weight is 895 g/mol. The number of halogens is 4. The smallest absolute Gasteiger partial charge is 0.408 e. The van der Waals surface area contributed by atoms with Crippen molar-refractivity contribution >= 4 is 24.0 Å². The molecule has 346 valence electrons.